The summed E-state index contributed by atoms with van der Waals surface area (Å²) in [6, 6.07) is 12.2. The molecule has 0 aliphatic heterocycles. The molecule has 8 nitrogen and oxygen atoms in total. The van der Waals surface area contributed by atoms with Gasteiger partial charge in [0.15, 0.2) is 15.6 Å². The summed E-state index contributed by atoms with van der Waals surface area (Å²) in [5.41, 5.74) is 1.03. The Kier molecular flexibility index (Phi) is 8.84. The highest BCUT2D eigenvalue weighted by Gasteiger charge is 2.22. The number of ether oxygens (including phenoxy) is 1. The third kappa shape index (κ3) is 7.55. The fraction of sp³-hybridized carbons (Fsp3) is 0.321. The van der Waals surface area contributed by atoms with E-state index in [-0.39, 0.29) is 39.6 Å². The van der Waals surface area contributed by atoms with E-state index in [0.29, 0.717) is 28.3 Å². The molecule has 0 saturated heterocycles. The molecule has 0 fully saturated rings. The zero-order chi connectivity index (χ0) is 28.3. The van der Waals surface area contributed by atoms with Crippen LogP contribution in [-0.2, 0) is 22.6 Å². The van der Waals surface area contributed by atoms with Crippen LogP contribution in [0.25, 0.3) is 11.1 Å². The number of sulfone groups is 1. The Hall–Kier alpha value is -3.43. The number of amides is 1. The van der Waals surface area contributed by atoms with Gasteiger partial charge < -0.3 is 14.6 Å². The van der Waals surface area contributed by atoms with Gasteiger partial charge in [-0.3, -0.25) is 9.59 Å². The molecule has 0 spiro atoms. The molecule has 1 heterocycles. The van der Waals surface area contributed by atoms with Gasteiger partial charge >= 0.3 is 6.09 Å². The molecule has 0 atom stereocenters. The Morgan fingerprint density at radius 3 is 2.29 bits per heavy atom. The molecule has 38 heavy (non-hydrogen) atoms. The number of nitrogens with one attached hydrogen (secondary N) is 1. The summed E-state index contributed by atoms with van der Waals surface area (Å²) in [5.74, 6) is -0.686. The first kappa shape index (κ1) is 29.1. The maximum absolute atomic E-state index is 13.6. The van der Waals surface area contributed by atoms with Crippen molar-refractivity contribution in [3.8, 4) is 16.9 Å². The van der Waals surface area contributed by atoms with Gasteiger partial charge in [0.2, 0.25) is 0 Å². The van der Waals surface area contributed by atoms with E-state index < -0.39 is 21.5 Å². The van der Waals surface area contributed by atoms with E-state index in [1.165, 1.54) is 17.8 Å². The highest BCUT2D eigenvalue weighted by Crippen LogP contribution is 2.34. The number of hydrogen-bond acceptors (Lipinski definition) is 6. The van der Waals surface area contributed by atoms with Gasteiger partial charge in [0.25, 0.3) is 5.56 Å². The summed E-state index contributed by atoms with van der Waals surface area (Å²) in [6.07, 6.45) is 0.700. The molecule has 0 radical (unpaired) electrons. The Balaban J connectivity index is 2.18. The Bertz CT molecular complexity index is 1520. The van der Waals surface area contributed by atoms with Crippen molar-refractivity contribution >= 4 is 33.3 Å². The summed E-state index contributed by atoms with van der Waals surface area (Å²) < 4.78 is 31.5. The number of aryl methyl sites for hydroxylation is 1. The molecular weight excluding hydrogens is 528 g/mol. The summed E-state index contributed by atoms with van der Waals surface area (Å²) in [5, 5.41) is 3.14. The molecule has 0 saturated carbocycles. The molecule has 0 aliphatic rings. The molecular formula is C28H31ClN2O6S. The van der Waals surface area contributed by atoms with Crippen LogP contribution in [0.5, 0.6) is 5.75 Å². The van der Waals surface area contributed by atoms with Crippen LogP contribution in [0.15, 0.2) is 59.5 Å². The number of benzene rings is 2. The molecule has 10 heteroatoms. The van der Waals surface area contributed by atoms with E-state index in [1.54, 1.807) is 49.4 Å². The fourth-order valence-corrected chi connectivity index (χ4v) is 4.60. The predicted octanol–water partition coefficient (Wildman–Crippen LogP) is 5.01. The van der Waals surface area contributed by atoms with Gasteiger partial charge in [-0.2, -0.15) is 0 Å². The zero-order valence-electron chi connectivity index (χ0n) is 22.0. The minimum atomic E-state index is -3.38. The van der Waals surface area contributed by atoms with E-state index in [2.05, 4.69) is 5.32 Å². The van der Waals surface area contributed by atoms with Crippen molar-refractivity contribution in [3.63, 3.8) is 0 Å². The predicted molar refractivity (Wildman–Crippen MR) is 149 cm³/mol. The van der Waals surface area contributed by atoms with Crippen molar-refractivity contribution in [2.75, 3.05) is 12.3 Å². The topological polar surface area (TPSA) is 112 Å². The maximum Gasteiger partial charge on any atom is 0.412 e. The molecule has 202 valence electrons. The van der Waals surface area contributed by atoms with E-state index in [0.717, 1.165) is 6.07 Å². The molecule has 0 unspecified atom stereocenters. The van der Waals surface area contributed by atoms with Crippen LogP contribution in [0.3, 0.4) is 0 Å². The summed E-state index contributed by atoms with van der Waals surface area (Å²) in [4.78, 5) is 38.6. The number of carbonyl (C=O) groups excluding carboxylic acids is 2. The van der Waals surface area contributed by atoms with E-state index in [1.807, 2.05) is 20.8 Å². The smallest absolute Gasteiger partial charge is 0.409 e. The van der Waals surface area contributed by atoms with Gasteiger partial charge in [-0.1, -0.05) is 51.4 Å². The van der Waals surface area contributed by atoms with Crippen LogP contribution in [0.2, 0.25) is 5.02 Å². The van der Waals surface area contributed by atoms with Crippen LogP contribution >= 0.6 is 11.6 Å². The molecule has 2 aromatic carbocycles. The highest BCUT2D eigenvalue weighted by atomic mass is 35.5. The van der Waals surface area contributed by atoms with Gasteiger partial charge in [-0.05, 0) is 46.9 Å². The fourth-order valence-electron chi connectivity index (χ4n) is 3.59. The molecule has 1 amide bonds. The number of ketones is 1. The Morgan fingerprint density at radius 2 is 1.68 bits per heavy atom. The Labute approximate surface area is 227 Å². The summed E-state index contributed by atoms with van der Waals surface area (Å²) >= 11 is 5.99. The minimum absolute atomic E-state index is 0.0457. The second kappa shape index (κ2) is 11.5. The van der Waals surface area contributed by atoms with Gasteiger partial charge in [0.1, 0.15) is 5.75 Å². The van der Waals surface area contributed by atoms with Crippen molar-refractivity contribution in [3.05, 3.63) is 86.8 Å². The average Bonchev–Trinajstić information content (AvgIpc) is 2.84. The number of halogens is 1. The van der Waals surface area contributed by atoms with Crippen LogP contribution in [0, 0.1) is 5.41 Å². The van der Waals surface area contributed by atoms with Crippen molar-refractivity contribution in [2.45, 2.75) is 33.4 Å². The van der Waals surface area contributed by atoms with Crippen molar-refractivity contribution < 1.29 is 22.7 Å². The van der Waals surface area contributed by atoms with Gasteiger partial charge in [-0.25, -0.2) is 13.2 Å². The van der Waals surface area contributed by atoms with Crippen molar-refractivity contribution in [1.29, 1.82) is 0 Å². The largest absolute Gasteiger partial charge is 0.412 e. The minimum Gasteiger partial charge on any atom is -0.409 e. The lowest BCUT2D eigenvalue weighted by Gasteiger charge is -2.19. The average molecular weight is 559 g/mol. The molecule has 0 aliphatic carbocycles. The van der Waals surface area contributed by atoms with Crippen LogP contribution in [-0.4, -0.2) is 37.2 Å². The molecule has 1 aromatic heterocycles. The lowest BCUT2D eigenvalue weighted by Crippen LogP contribution is -2.34. The first-order chi connectivity index (χ1) is 17.7. The summed E-state index contributed by atoms with van der Waals surface area (Å²) in [7, 11) is -1.85. The van der Waals surface area contributed by atoms with Gasteiger partial charge in [0, 0.05) is 53.3 Å². The summed E-state index contributed by atoms with van der Waals surface area (Å²) in [6.45, 7) is 7.73. The first-order valence-corrected chi connectivity index (χ1v) is 14.2. The number of aromatic nitrogens is 1. The van der Waals surface area contributed by atoms with Crippen molar-refractivity contribution in [2.24, 2.45) is 12.5 Å². The quantitative estimate of drug-likeness (QED) is 0.389. The molecule has 0 bridgehead atoms. The lowest BCUT2D eigenvalue weighted by atomic mass is 9.92. The number of pyridine rings is 1. The van der Waals surface area contributed by atoms with E-state index in [9.17, 15) is 22.8 Å². The third-order valence-electron chi connectivity index (χ3n) is 5.71. The zero-order valence-corrected chi connectivity index (χ0v) is 23.6. The second-order valence-corrected chi connectivity index (χ2v) is 13.0. The lowest BCUT2D eigenvalue weighted by molar-refractivity contribution is 0.103. The van der Waals surface area contributed by atoms with Crippen LogP contribution < -0.4 is 15.6 Å². The Morgan fingerprint density at radius 1 is 1.03 bits per heavy atom. The molecule has 1 N–H and O–H groups in total. The third-order valence-corrected chi connectivity index (χ3v) is 7.61. The monoisotopic (exact) mass is 558 g/mol. The van der Waals surface area contributed by atoms with E-state index in [4.69, 9.17) is 16.3 Å². The normalized spacial score (nSPS) is 11.7. The second-order valence-electron chi connectivity index (χ2n) is 10.2. The van der Waals surface area contributed by atoms with E-state index >= 15 is 0 Å². The number of rotatable bonds is 8. The SMILES string of the molecule is CCS(=O)(=O)Cc1ccc(C(=O)c2ccc(Cl)cc2)c(-c2cn(C)c(=O)cc2OC(=O)NCC(C)(C)C)c1. The number of hydrogen-bond donors (Lipinski definition) is 1. The van der Waals surface area contributed by atoms with Crippen LogP contribution in [0.4, 0.5) is 4.79 Å². The van der Waals surface area contributed by atoms with Gasteiger partial charge in [0.05, 0.1) is 5.75 Å². The standard InChI is InChI=1S/C28H31ClN2O6S/c1-6-38(35,36)16-18-7-12-21(26(33)19-8-10-20(29)11-9-19)22(13-18)23-15-31(5)25(32)14-24(23)37-27(34)30-17-28(2,3)4/h7-15H,6,16-17H2,1-5H3,(H,30,34). The highest BCUT2D eigenvalue weighted by molar-refractivity contribution is 7.90. The molecule has 3 aromatic rings. The number of carbonyl (C=O) groups is 2. The van der Waals surface area contributed by atoms with Crippen molar-refractivity contribution in [1.82, 2.24) is 9.88 Å². The maximum atomic E-state index is 13.6. The van der Waals surface area contributed by atoms with Crippen LogP contribution in [0.1, 0.15) is 49.2 Å². The number of nitrogens with zero attached hydrogens (tertiary/aromatic N) is 1. The first-order valence-electron chi connectivity index (χ1n) is 12.0. The molecule has 3 rings (SSSR count). The van der Waals surface area contributed by atoms with Gasteiger partial charge in [-0.15, -0.1) is 0 Å².